The third kappa shape index (κ3) is 2.90. The molecule has 5 heteroatoms. The van der Waals surface area contributed by atoms with Gasteiger partial charge in [0.05, 0.1) is 11.4 Å². The van der Waals surface area contributed by atoms with Crippen LogP contribution in [-0.2, 0) is 4.74 Å². The van der Waals surface area contributed by atoms with Gasteiger partial charge in [-0.15, -0.1) is 0 Å². The Morgan fingerprint density at radius 3 is 2.67 bits per heavy atom. The van der Waals surface area contributed by atoms with Crippen LogP contribution in [-0.4, -0.2) is 26.8 Å². The monoisotopic (exact) mass is 256 g/mol. The van der Waals surface area contributed by atoms with E-state index < -0.39 is 11.6 Å². The number of anilines is 2. The number of nitrogen functional groups attached to an aromatic ring is 1. The van der Waals surface area contributed by atoms with Gasteiger partial charge in [0.25, 0.3) is 0 Å². The third-order valence-electron chi connectivity index (χ3n) is 3.36. The van der Waals surface area contributed by atoms with Gasteiger partial charge in [0.2, 0.25) is 0 Å². The number of nitrogens with zero attached hydrogens (tertiary/aromatic N) is 1. The smallest absolute Gasteiger partial charge is 0.151 e. The van der Waals surface area contributed by atoms with Crippen LogP contribution in [0.25, 0.3) is 0 Å². The zero-order valence-electron chi connectivity index (χ0n) is 10.5. The number of nitrogens with two attached hydrogens (primary N) is 1. The predicted molar refractivity (Wildman–Crippen MR) is 67.6 cm³/mol. The van der Waals surface area contributed by atoms with Gasteiger partial charge in [-0.2, -0.15) is 0 Å². The van der Waals surface area contributed by atoms with E-state index in [1.807, 2.05) is 4.90 Å². The zero-order valence-corrected chi connectivity index (χ0v) is 10.5. The molecule has 1 aliphatic heterocycles. The topological polar surface area (TPSA) is 38.5 Å². The van der Waals surface area contributed by atoms with E-state index >= 15 is 0 Å². The van der Waals surface area contributed by atoms with Crippen molar-refractivity contribution < 1.29 is 13.5 Å². The lowest BCUT2D eigenvalue weighted by Gasteiger charge is -2.29. The number of rotatable bonds is 3. The summed E-state index contributed by atoms with van der Waals surface area (Å²) in [4.78, 5) is 1.82. The summed E-state index contributed by atoms with van der Waals surface area (Å²) in [6.45, 7) is 2.24. The second-order valence-corrected chi connectivity index (χ2v) is 4.76. The van der Waals surface area contributed by atoms with Crippen molar-refractivity contribution in [3.63, 3.8) is 0 Å². The molecule has 1 fully saturated rings. The molecule has 0 spiro atoms. The molecular weight excluding hydrogens is 238 g/mol. The van der Waals surface area contributed by atoms with E-state index in [2.05, 4.69) is 0 Å². The average molecular weight is 256 g/mol. The Morgan fingerprint density at radius 1 is 1.33 bits per heavy atom. The van der Waals surface area contributed by atoms with Crippen molar-refractivity contribution in [2.75, 3.05) is 37.4 Å². The van der Waals surface area contributed by atoms with Crippen LogP contribution in [0, 0.1) is 17.6 Å². The summed E-state index contributed by atoms with van der Waals surface area (Å²) >= 11 is 0. The molecule has 18 heavy (non-hydrogen) atoms. The Labute approximate surface area is 106 Å². The van der Waals surface area contributed by atoms with Crippen molar-refractivity contribution >= 4 is 11.4 Å². The molecule has 1 aliphatic rings. The summed E-state index contributed by atoms with van der Waals surface area (Å²) < 4.78 is 31.9. The van der Waals surface area contributed by atoms with Crippen LogP contribution in [0.1, 0.15) is 12.8 Å². The van der Waals surface area contributed by atoms with E-state index in [4.69, 9.17) is 10.5 Å². The fraction of sp³-hybridized carbons (Fsp3) is 0.538. The van der Waals surface area contributed by atoms with Crippen molar-refractivity contribution in [2.24, 2.45) is 5.92 Å². The van der Waals surface area contributed by atoms with Gasteiger partial charge >= 0.3 is 0 Å². The van der Waals surface area contributed by atoms with E-state index in [0.29, 0.717) is 11.6 Å². The molecule has 0 bridgehead atoms. The molecule has 0 amide bonds. The lowest BCUT2D eigenvalue weighted by molar-refractivity contribution is 0.0685. The first-order valence-corrected chi connectivity index (χ1v) is 6.11. The third-order valence-corrected chi connectivity index (χ3v) is 3.36. The number of ether oxygens (including phenoxy) is 1. The first kappa shape index (κ1) is 13.1. The summed E-state index contributed by atoms with van der Waals surface area (Å²) in [6.07, 6.45) is 1.95. The van der Waals surface area contributed by atoms with Crippen molar-refractivity contribution in [2.45, 2.75) is 12.8 Å². The molecule has 0 aromatic heterocycles. The highest BCUT2D eigenvalue weighted by Crippen LogP contribution is 2.28. The number of hydrogen-bond donors (Lipinski definition) is 1. The SMILES string of the molecule is CN(CC1CCOCC1)c1cc(F)cc(F)c1N. The molecule has 0 unspecified atom stereocenters. The summed E-state index contributed by atoms with van der Waals surface area (Å²) in [5.41, 5.74) is 6.07. The van der Waals surface area contributed by atoms with Crippen molar-refractivity contribution in [1.29, 1.82) is 0 Å². The Hall–Kier alpha value is -1.36. The first-order chi connectivity index (χ1) is 8.58. The van der Waals surface area contributed by atoms with Crippen molar-refractivity contribution in [3.05, 3.63) is 23.8 Å². The van der Waals surface area contributed by atoms with Crippen LogP contribution >= 0.6 is 0 Å². The lowest BCUT2D eigenvalue weighted by atomic mass is 9.99. The van der Waals surface area contributed by atoms with Gasteiger partial charge < -0.3 is 15.4 Å². The van der Waals surface area contributed by atoms with Crippen LogP contribution in [0.15, 0.2) is 12.1 Å². The predicted octanol–water partition coefficient (Wildman–Crippen LogP) is 2.41. The minimum atomic E-state index is -0.705. The fourth-order valence-corrected chi connectivity index (χ4v) is 2.30. The molecule has 0 atom stereocenters. The van der Waals surface area contributed by atoms with Gasteiger partial charge in [0.15, 0.2) is 5.82 Å². The number of hydrogen-bond acceptors (Lipinski definition) is 3. The van der Waals surface area contributed by atoms with Gasteiger partial charge in [-0.05, 0) is 24.8 Å². The maximum absolute atomic E-state index is 13.4. The molecule has 1 saturated heterocycles. The first-order valence-electron chi connectivity index (χ1n) is 6.11. The maximum atomic E-state index is 13.4. The summed E-state index contributed by atoms with van der Waals surface area (Å²) in [6, 6.07) is 2.08. The normalized spacial score (nSPS) is 16.8. The van der Waals surface area contributed by atoms with E-state index in [1.54, 1.807) is 7.05 Å². The number of benzene rings is 1. The van der Waals surface area contributed by atoms with Crippen molar-refractivity contribution in [3.8, 4) is 0 Å². The van der Waals surface area contributed by atoms with Crippen LogP contribution < -0.4 is 10.6 Å². The molecule has 0 radical (unpaired) electrons. The van der Waals surface area contributed by atoms with Crippen LogP contribution in [0.2, 0.25) is 0 Å². The van der Waals surface area contributed by atoms with E-state index in [1.165, 1.54) is 6.07 Å². The van der Waals surface area contributed by atoms with Gasteiger partial charge in [-0.1, -0.05) is 0 Å². The summed E-state index contributed by atoms with van der Waals surface area (Å²) in [5.74, 6) is -0.825. The average Bonchev–Trinajstić information content (AvgIpc) is 2.35. The van der Waals surface area contributed by atoms with Crippen LogP contribution in [0.4, 0.5) is 20.2 Å². The van der Waals surface area contributed by atoms with Gasteiger partial charge in [-0.25, -0.2) is 8.78 Å². The molecule has 3 nitrogen and oxygen atoms in total. The highest BCUT2D eigenvalue weighted by atomic mass is 19.1. The van der Waals surface area contributed by atoms with Gasteiger partial charge in [-0.3, -0.25) is 0 Å². The minimum absolute atomic E-state index is 0.00552. The lowest BCUT2D eigenvalue weighted by Crippen LogP contribution is -2.30. The molecule has 2 N–H and O–H groups in total. The Morgan fingerprint density at radius 2 is 2.00 bits per heavy atom. The Balaban J connectivity index is 2.10. The standard InChI is InChI=1S/C13H18F2N2O/c1-17(8-9-2-4-18-5-3-9)12-7-10(14)6-11(15)13(12)16/h6-7,9H,2-5,8,16H2,1H3. The minimum Gasteiger partial charge on any atom is -0.395 e. The van der Waals surface area contributed by atoms with E-state index in [9.17, 15) is 8.78 Å². The summed E-state index contributed by atoms with van der Waals surface area (Å²) in [7, 11) is 1.81. The Kier molecular flexibility index (Phi) is 4.01. The van der Waals surface area contributed by atoms with Crippen molar-refractivity contribution in [1.82, 2.24) is 0 Å². The zero-order chi connectivity index (χ0) is 13.1. The molecule has 2 rings (SSSR count). The highest BCUT2D eigenvalue weighted by Gasteiger charge is 2.18. The highest BCUT2D eigenvalue weighted by molar-refractivity contribution is 5.67. The largest absolute Gasteiger partial charge is 0.395 e. The van der Waals surface area contributed by atoms with E-state index in [-0.39, 0.29) is 5.69 Å². The molecule has 1 aromatic rings. The summed E-state index contributed by atoms with van der Waals surface area (Å²) in [5, 5.41) is 0. The molecule has 1 heterocycles. The second kappa shape index (κ2) is 5.52. The van der Waals surface area contributed by atoms with E-state index in [0.717, 1.165) is 38.7 Å². The Bertz CT molecular complexity index is 420. The quantitative estimate of drug-likeness (QED) is 0.844. The van der Waals surface area contributed by atoms with Gasteiger partial charge in [0.1, 0.15) is 5.82 Å². The molecular formula is C13H18F2N2O. The van der Waals surface area contributed by atoms with Crippen LogP contribution in [0.5, 0.6) is 0 Å². The maximum Gasteiger partial charge on any atom is 0.151 e. The molecule has 1 aromatic carbocycles. The fourth-order valence-electron chi connectivity index (χ4n) is 2.30. The number of halogens is 2. The van der Waals surface area contributed by atoms with Crippen LogP contribution in [0.3, 0.4) is 0 Å². The molecule has 0 aliphatic carbocycles. The second-order valence-electron chi connectivity index (χ2n) is 4.76. The van der Waals surface area contributed by atoms with Gasteiger partial charge in [0, 0.05) is 32.9 Å². The molecule has 0 saturated carbocycles. The molecule has 100 valence electrons.